The minimum Gasteiger partial charge on any atom is -0.444 e. The zero-order valence-electron chi connectivity index (χ0n) is 13.8. The zero-order chi connectivity index (χ0) is 17.7. The molecule has 0 aliphatic heterocycles. The Morgan fingerprint density at radius 2 is 1.62 bits per heavy atom. The van der Waals surface area contributed by atoms with Gasteiger partial charge in [0.2, 0.25) is 0 Å². The zero-order valence-corrected chi connectivity index (χ0v) is 13.8. The SMILES string of the molecule is CC(C)(C)OC(=O)NCc1ccc(Nc2c(F)cccc2F)cc1. The number of benzene rings is 2. The Morgan fingerprint density at radius 1 is 1.04 bits per heavy atom. The van der Waals surface area contributed by atoms with Crippen molar-refractivity contribution in [2.24, 2.45) is 0 Å². The summed E-state index contributed by atoms with van der Waals surface area (Å²) in [6, 6.07) is 10.5. The van der Waals surface area contributed by atoms with Crippen LogP contribution in [0.5, 0.6) is 0 Å². The number of rotatable bonds is 4. The number of alkyl carbamates (subject to hydrolysis) is 1. The first-order chi connectivity index (χ1) is 11.2. The van der Waals surface area contributed by atoms with Gasteiger partial charge in [-0.2, -0.15) is 0 Å². The molecule has 0 unspecified atom stereocenters. The summed E-state index contributed by atoms with van der Waals surface area (Å²) in [5, 5.41) is 5.34. The van der Waals surface area contributed by atoms with Crippen LogP contribution in [0.15, 0.2) is 42.5 Å². The van der Waals surface area contributed by atoms with Crippen LogP contribution in [0.4, 0.5) is 25.0 Å². The van der Waals surface area contributed by atoms with Crippen molar-refractivity contribution in [2.75, 3.05) is 5.32 Å². The summed E-state index contributed by atoms with van der Waals surface area (Å²) in [6.45, 7) is 5.65. The number of nitrogens with one attached hydrogen (secondary N) is 2. The van der Waals surface area contributed by atoms with Gasteiger partial charge >= 0.3 is 6.09 Å². The van der Waals surface area contributed by atoms with Gasteiger partial charge in [-0.1, -0.05) is 18.2 Å². The highest BCUT2D eigenvalue weighted by atomic mass is 19.1. The summed E-state index contributed by atoms with van der Waals surface area (Å²) in [4.78, 5) is 11.6. The summed E-state index contributed by atoms with van der Waals surface area (Å²) >= 11 is 0. The average Bonchev–Trinajstić information content (AvgIpc) is 2.48. The number of carbonyl (C=O) groups excluding carboxylic acids is 1. The molecular formula is C18H20F2N2O2. The normalized spacial score (nSPS) is 11.0. The van der Waals surface area contributed by atoms with Crippen LogP contribution in [-0.4, -0.2) is 11.7 Å². The molecule has 0 saturated carbocycles. The molecule has 4 nitrogen and oxygen atoms in total. The van der Waals surface area contributed by atoms with E-state index >= 15 is 0 Å². The predicted octanol–water partition coefficient (Wildman–Crippen LogP) is 4.73. The van der Waals surface area contributed by atoms with E-state index in [1.165, 1.54) is 18.2 Å². The van der Waals surface area contributed by atoms with Crippen LogP contribution < -0.4 is 10.6 Å². The van der Waals surface area contributed by atoms with E-state index < -0.39 is 23.3 Å². The maximum atomic E-state index is 13.6. The lowest BCUT2D eigenvalue weighted by Crippen LogP contribution is -2.32. The van der Waals surface area contributed by atoms with Crippen molar-refractivity contribution in [1.82, 2.24) is 5.32 Å². The number of amides is 1. The van der Waals surface area contributed by atoms with Crippen molar-refractivity contribution in [1.29, 1.82) is 0 Å². The lowest BCUT2D eigenvalue weighted by Gasteiger charge is -2.19. The fraction of sp³-hybridized carbons (Fsp3) is 0.278. The molecule has 24 heavy (non-hydrogen) atoms. The van der Waals surface area contributed by atoms with E-state index in [9.17, 15) is 13.6 Å². The Morgan fingerprint density at radius 3 is 2.17 bits per heavy atom. The van der Waals surface area contributed by atoms with Crippen LogP contribution in [0.25, 0.3) is 0 Å². The summed E-state index contributed by atoms with van der Waals surface area (Å²) < 4.78 is 32.3. The molecule has 2 N–H and O–H groups in total. The minimum atomic E-state index is -0.661. The molecule has 6 heteroatoms. The standard InChI is InChI=1S/C18H20F2N2O2/c1-18(2,3)24-17(23)21-11-12-7-9-13(10-8-12)22-16-14(19)5-4-6-15(16)20/h4-10,22H,11H2,1-3H3,(H,21,23). The highest BCUT2D eigenvalue weighted by Gasteiger charge is 2.15. The van der Waals surface area contributed by atoms with Gasteiger partial charge in [-0.3, -0.25) is 0 Å². The van der Waals surface area contributed by atoms with E-state index in [1.807, 2.05) is 0 Å². The Balaban J connectivity index is 1.95. The van der Waals surface area contributed by atoms with E-state index in [1.54, 1.807) is 45.0 Å². The number of ether oxygens (including phenoxy) is 1. The fourth-order valence-electron chi connectivity index (χ4n) is 1.96. The van der Waals surface area contributed by atoms with Crippen molar-refractivity contribution in [3.8, 4) is 0 Å². The van der Waals surface area contributed by atoms with Gasteiger partial charge in [0.1, 0.15) is 22.9 Å². The highest BCUT2D eigenvalue weighted by molar-refractivity contribution is 5.67. The summed E-state index contributed by atoms with van der Waals surface area (Å²) in [7, 11) is 0. The minimum absolute atomic E-state index is 0.197. The second kappa shape index (κ2) is 7.29. The van der Waals surface area contributed by atoms with Crippen LogP contribution >= 0.6 is 0 Å². The number of halogens is 2. The van der Waals surface area contributed by atoms with Crippen LogP contribution in [0.3, 0.4) is 0 Å². The van der Waals surface area contributed by atoms with Gasteiger partial charge in [0.05, 0.1) is 0 Å². The molecule has 0 spiro atoms. The van der Waals surface area contributed by atoms with Crippen LogP contribution in [0, 0.1) is 11.6 Å². The molecule has 2 aromatic rings. The van der Waals surface area contributed by atoms with Crippen molar-refractivity contribution >= 4 is 17.5 Å². The molecule has 0 radical (unpaired) electrons. The Bertz CT molecular complexity index is 690. The van der Waals surface area contributed by atoms with Crippen LogP contribution in [-0.2, 0) is 11.3 Å². The average molecular weight is 334 g/mol. The molecule has 0 aliphatic rings. The molecule has 0 saturated heterocycles. The van der Waals surface area contributed by atoms with Gasteiger partial charge in [0.25, 0.3) is 0 Å². The monoisotopic (exact) mass is 334 g/mol. The first-order valence-corrected chi connectivity index (χ1v) is 7.51. The van der Waals surface area contributed by atoms with Crippen molar-refractivity contribution in [2.45, 2.75) is 32.9 Å². The number of hydrogen-bond acceptors (Lipinski definition) is 3. The van der Waals surface area contributed by atoms with E-state index in [-0.39, 0.29) is 5.69 Å². The smallest absolute Gasteiger partial charge is 0.407 e. The van der Waals surface area contributed by atoms with Crippen molar-refractivity contribution < 1.29 is 18.3 Å². The Labute approximate surface area is 139 Å². The van der Waals surface area contributed by atoms with E-state index in [0.717, 1.165) is 5.56 Å². The number of anilines is 2. The quantitative estimate of drug-likeness (QED) is 0.849. The van der Waals surface area contributed by atoms with Crippen LogP contribution in [0.1, 0.15) is 26.3 Å². The van der Waals surface area contributed by atoms with Gasteiger partial charge in [-0.05, 0) is 50.6 Å². The van der Waals surface area contributed by atoms with Gasteiger partial charge < -0.3 is 15.4 Å². The number of carbonyl (C=O) groups is 1. The van der Waals surface area contributed by atoms with Gasteiger partial charge in [0, 0.05) is 12.2 Å². The third-order valence-corrected chi connectivity index (χ3v) is 3.02. The lowest BCUT2D eigenvalue weighted by molar-refractivity contribution is 0.0523. The maximum absolute atomic E-state index is 13.6. The molecule has 2 aromatic carbocycles. The van der Waals surface area contributed by atoms with E-state index in [0.29, 0.717) is 12.2 Å². The van der Waals surface area contributed by atoms with Crippen LogP contribution in [0.2, 0.25) is 0 Å². The molecule has 0 aromatic heterocycles. The largest absolute Gasteiger partial charge is 0.444 e. The van der Waals surface area contributed by atoms with E-state index in [4.69, 9.17) is 4.74 Å². The Hall–Kier alpha value is -2.63. The van der Waals surface area contributed by atoms with Gasteiger partial charge in [-0.25, -0.2) is 13.6 Å². The fourth-order valence-corrected chi connectivity index (χ4v) is 1.96. The first-order valence-electron chi connectivity index (χ1n) is 7.51. The predicted molar refractivity (Wildman–Crippen MR) is 89.2 cm³/mol. The summed E-state index contributed by atoms with van der Waals surface area (Å²) in [5.74, 6) is -1.32. The molecule has 1 amide bonds. The second-order valence-corrected chi connectivity index (χ2v) is 6.27. The number of hydrogen-bond donors (Lipinski definition) is 2. The van der Waals surface area contributed by atoms with Crippen molar-refractivity contribution in [3.63, 3.8) is 0 Å². The van der Waals surface area contributed by atoms with E-state index in [2.05, 4.69) is 10.6 Å². The first kappa shape index (κ1) is 17.7. The molecule has 0 heterocycles. The highest BCUT2D eigenvalue weighted by Crippen LogP contribution is 2.23. The van der Waals surface area contributed by atoms with Gasteiger partial charge in [-0.15, -0.1) is 0 Å². The Kier molecular flexibility index (Phi) is 5.39. The van der Waals surface area contributed by atoms with Crippen molar-refractivity contribution in [3.05, 3.63) is 59.7 Å². The van der Waals surface area contributed by atoms with Gasteiger partial charge in [0.15, 0.2) is 0 Å². The molecule has 2 rings (SSSR count). The molecule has 0 atom stereocenters. The maximum Gasteiger partial charge on any atom is 0.407 e. The summed E-state index contributed by atoms with van der Waals surface area (Å²) in [5.41, 5.74) is 0.624. The third-order valence-electron chi connectivity index (χ3n) is 3.02. The number of para-hydroxylation sites is 1. The lowest BCUT2D eigenvalue weighted by atomic mass is 10.2. The molecule has 0 bridgehead atoms. The molecule has 128 valence electrons. The second-order valence-electron chi connectivity index (χ2n) is 6.27. The molecular weight excluding hydrogens is 314 g/mol. The molecule has 0 aliphatic carbocycles. The topological polar surface area (TPSA) is 50.4 Å². The molecule has 0 fully saturated rings. The third kappa shape index (κ3) is 5.22. The summed E-state index contributed by atoms with van der Waals surface area (Å²) in [6.07, 6.45) is -0.502.